The molecule has 4 N–H and O–H groups in total. The second-order valence-corrected chi connectivity index (χ2v) is 7.46. The van der Waals surface area contributed by atoms with Crippen molar-refractivity contribution >= 4 is 34.0 Å². The molecule has 2 heterocycles. The van der Waals surface area contributed by atoms with Gasteiger partial charge in [-0.05, 0) is 18.6 Å². The van der Waals surface area contributed by atoms with Crippen LogP contribution in [0.5, 0.6) is 11.5 Å². The molecule has 0 saturated heterocycles. The van der Waals surface area contributed by atoms with Crippen molar-refractivity contribution in [2.45, 2.75) is 19.4 Å². The lowest BCUT2D eigenvalue weighted by Gasteiger charge is -2.27. The summed E-state index contributed by atoms with van der Waals surface area (Å²) >= 11 is 0. The van der Waals surface area contributed by atoms with Crippen molar-refractivity contribution in [3.05, 3.63) is 54.1 Å². The first-order chi connectivity index (χ1) is 15.4. The number of amides is 1. The number of nitrogens with one attached hydrogen (secondary N) is 2. The molecule has 0 aliphatic carbocycles. The maximum Gasteiger partial charge on any atom is 0.216 e. The van der Waals surface area contributed by atoms with Gasteiger partial charge in [0, 0.05) is 31.7 Å². The van der Waals surface area contributed by atoms with Crippen LogP contribution in [-0.2, 0) is 9.59 Å². The molecule has 0 bridgehead atoms. The molecular formula is C23H25N5O4. The van der Waals surface area contributed by atoms with E-state index in [2.05, 4.69) is 15.3 Å². The Hall–Kier alpha value is -4.01. The van der Waals surface area contributed by atoms with Crippen LogP contribution in [0.3, 0.4) is 0 Å². The highest BCUT2D eigenvalue weighted by molar-refractivity contribution is 6.27. The highest BCUT2D eigenvalue weighted by atomic mass is 16.5. The van der Waals surface area contributed by atoms with Gasteiger partial charge >= 0.3 is 0 Å². The molecule has 2 aromatic carbocycles. The number of ether oxygens (including phenoxy) is 2. The third kappa shape index (κ3) is 3.84. The number of hydrogen-bond acceptors (Lipinski definition) is 7. The van der Waals surface area contributed by atoms with Gasteiger partial charge in [-0.3, -0.25) is 9.59 Å². The number of fused-ring (bicyclic) bond motifs is 1. The summed E-state index contributed by atoms with van der Waals surface area (Å²) in [7, 11) is 3.11. The van der Waals surface area contributed by atoms with Crippen LogP contribution in [0.15, 0.2) is 48.3 Å². The van der Waals surface area contributed by atoms with Gasteiger partial charge in [-0.1, -0.05) is 12.1 Å². The Morgan fingerprint density at radius 1 is 1.19 bits per heavy atom. The number of hydrogen-bond donors (Lipinski definition) is 3. The highest BCUT2D eigenvalue weighted by Gasteiger charge is 2.41. The molecule has 32 heavy (non-hydrogen) atoms. The van der Waals surface area contributed by atoms with Gasteiger partial charge < -0.3 is 30.4 Å². The van der Waals surface area contributed by atoms with Crippen LogP contribution >= 0.6 is 0 Å². The number of Topliss-reactive ketones (excluding diaryl/α,β-unsaturated/α-hetero) is 1. The molecule has 0 radical (unpaired) electrons. The van der Waals surface area contributed by atoms with Gasteiger partial charge in [-0.15, -0.1) is 0 Å². The van der Waals surface area contributed by atoms with Gasteiger partial charge in [0.15, 0.2) is 5.78 Å². The summed E-state index contributed by atoms with van der Waals surface area (Å²) in [6.45, 7) is 1.76. The largest absolute Gasteiger partial charge is 0.497 e. The van der Waals surface area contributed by atoms with E-state index in [1.165, 1.54) is 6.92 Å². The number of carbonyl (C=O) groups excluding carboxylic acids is 2. The van der Waals surface area contributed by atoms with Crippen LogP contribution < -0.4 is 25.4 Å². The number of imidazole rings is 1. The third-order valence-electron chi connectivity index (χ3n) is 5.41. The Kier molecular flexibility index (Phi) is 5.72. The van der Waals surface area contributed by atoms with Crippen molar-refractivity contribution in [3.63, 3.8) is 0 Å². The maximum absolute atomic E-state index is 13.5. The lowest BCUT2D eigenvalue weighted by Crippen LogP contribution is -2.39. The maximum atomic E-state index is 13.5. The number of nitrogens with zero attached hydrogens (tertiary/aromatic N) is 2. The van der Waals surface area contributed by atoms with Crippen molar-refractivity contribution < 1.29 is 19.1 Å². The first kappa shape index (κ1) is 21.2. The minimum absolute atomic E-state index is 0.163. The summed E-state index contributed by atoms with van der Waals surface area (Å²) in [5, 5.41) is 2.75. The quantitative estimate of drug-likeness (QED) is 0.520. The van der Waals surface area contributed by atoms with E-state index >= 15 is 0 Å². The smallest absolute Gasteiger partial charge is 0.216 e. The SMILES string of the molecule is COc1cc(OC)cc(N2C(N)=C(c3nc4ccccc4[nH]3)C(=O)C2CCNC(C)=O)c1. The first-order valence-corrected chi connectivity index (χ1v) is 10.2. The van der Waals surface area contributed by atoms with Gasteiger partial charge in [0.25, 0.3) is 0 Å². The van der Waals surface area contributed by atoms with Crippen molar-refractivity contribution in [3.8, 4) is 11.5 Å². The molecule has 1 unspecified atom stereocenters. The van der Waals surface area contributed by atoms with Crippen LogP contribution in [-0.4, -0.2) is 48.5 Å². The molecule has 1 aromatic heterocycles. The fourth-order valence-electron chi connectivity index (χ4n) is 3.90. The van der Waals surface area contributed by atoms with E-state index in [0.717, 1.165) is 11.0 Å². The van der Waals surface area contributed by atoms with Gasteiger partial charge in [-0.25, -0.2) is 4.98 Å². The lowest BCUT2D eigenvalue weighted by molar-refractivity contribution is -0.119. The fourth-order valence-corrected chi connectivity index (χ4v) is 3.90. The van der Waals surface area contributed by atoms with Crippen LogP contribution in [0.25, 0.3) is 16.6 Å². The Morgan fingerprint density at radius 3 is 2.50 bits per heavy atom. The predicted octanol–water partition coefficient (Wildman–Crippen LogP) is 2.19. The van der Waals surface area contributed by atoms with Gasteiger partial charge in [-0.2, -0.15) is 0 Å². The van der Waals surface area contributed by atoms with Crippen molar-refractivity contribution in [1.29, 1.82) is 0 Å². The summed E-state index contributed by atoms with van der Waals surface area (Å²) in [5.41, 5.74) is 9.07. The van der Waals surface area contributed by atoms with E-state index in [0.29, 0.717) is 41.5 Å². The number of aromatic amines is 1. The number of anilines is 1. The summed E-state index contributed by atoms with van der Waals surface area (Å²) in [6, 6.07) is 12.2. The second-order valence-electron chi connectivity index (χ2n) is 7.46. The number of benzene rings is 2. The Labute approximate surface area is 185 Å². The molecule has 3 aromatic rings. The summed E-state index contributed by atoms with van der Waals surface area (Å²) < 4.78 is 10.8. The van der Waals surface area contributed by atoms with Crippen LogP contribution in [0.2, 0.25) is 0 Å². The summed E-state index contributed by atoms with van der Waals surface area (Å²) in [6.07, 6.45) is 0.363. The number of nitrogens with two attached hydrogens (primary N) is 1. The molecule has 1 amide bonds. The normalized spacial score (nSPS) is 16.0. The molecule has 0 fully saturated rings. The van der Waals surface area contributed by atoms with E-state index in [-0.39, 0.29) is 17.5 Å². The average molecular weight is 435 g/mol. The van der Waals surface area contributed by atoms with Gasteiger partial charge in [0.2, 0.25) is 5.91 Å². The number of carbonyl (C=O) groups is 2. The molecule has 4 rings (SSSR count). The van der Waals surface area contributed by atoms with Crippen LogP contribution in [0.1, 0.15) is 19.2 Å². The summed E-state index contributed by atoms with van der Waals surface area (Å²) in [4.78, 5) is 34.4. The minimum Gasteiger partial charge on any atom is -0.497 e. The molecule has 1 aliphatic rings. The van der Waals surface area contributed by atoms with E-state index < -0.39 is 6.04 Å². The van der Waals surface area contributed by atoms with Gasteiger partial charge in [0.05, 0.1) is 30.9 Å². The number of para-hydroxylation sites is 2. The molecule has 1 atom stereocenters. The Bertz CT molecular complexity index is 1160. The minimum atomic E-state index is -0.623. The number of rotatable bonds is 7. The standard InChI is InChI=1S/C23H25N5O4/c1-13(29)25-9-8-19-21(30)20(23-26-17-6-4-5-7-18(17)27-23)22(24)28(19)14-10-15(31-2)12-16(11-14)32-3/h4-7,10-12,19H,8-9,24H2,1-3H3,(H,25,29)(H,26,27). The highest BCUT2D eigenvalue weighted by Crippen LogP contribution is 2.38. The summed E-state index contributed by atoms with van der Waals surface area (Å²) in [5.74, 6) is 1.49. The predicted molar refractivity (Wildman–Crippen MR) is 121 cm³/mol. The fraction of sp³-hybridized carbons (Fsp3) is 0.261. The van der Waals surface area contributed by atoms with Crippen molar-refractivity contribution in [1.82, 2.24) is 15.3 Å². The number of methoxy groups -OCH3 is 2. The topological polar surface area (TPSA) is 123 Å². The lowest BCUT2D eigenvalue weighted by atomic mass is 10.0. The molecule has 9 nitrogen and oxygen atoms in total. The van der Waals surface area contributed by atoms with Crippen LogP contribution in [0, 0.1) is 0 Å². The zero-order chi connectivity index (χ0) is 22.8. The van der Waals surface area contributed by atoms with E-state index in [1.807, 2.05) is 24.3 Å². The zero-order valence-electron chi connectivity index (χ0n) is 18.1. The third-order valence-corrected chi connectivity index (χ3v) is 5.41. The van der Waals surface area contributed by atoms with E-state index in [1.54, 1.807) is 37.3 Å². The van der Waals surface area contributed by atoms with E-state index in [9.17, 15) is 9.59 Å². The van der Waals surface area contributed by atoms with Crippen LogP contribution in [0.4, 0.5) is 5.69 Å². The second kappa shape index (κ2) is 8.62. The molecule has 0 saturated carbocycles. The van der Waals surface area contributed by atoms with Crippen molar-refractivity contribution in [2.75, 3.05) is 25.7 Å². The molecule has 0 spiro atoms. The molecule has 166 valence electrons. The molecule has 1 aliphatic heterocycles. The average Bonchev–Trinajstić information content (AvgIpc) is 3.31. The van der Waals surface area contributed by atoms with Crippen molar-refractivity contribution in [2.24, 2.45) is 5.73 Å². The first-order valence-electron chi connectivity index (χ1n) is 10.2. The monoisotopic (exact) mass is 435 g/mol. The Morgan fingerprint density at radius 2 is 1.88 bits per heavy atom. The number of ketones is 1. The molecule has 9 heteroatoms. The molecular weight excluding hydrogens is 410 g/mol. The number of aromatic nitrogens is 2. The number of H-pyrrole nitrogens is 1. The van der Waals surface area contributed by atoms with Gasteiger partial charge in [0.1, 0.15) is 34.8 Å². The zero-order valence-corrected chi connectivity index (χ0v) is 18.1. The Balaban J connectivity index is 1.81. The van der Waals surface area contributed by atoms with E-state index in [4.69, 9.17) is 15.2 Å².